The van der Waals surface area contributed by atoms with Gasteiger partial charge in [-0.25, -0.2) is 9.50 Å². The van der Waals surface area contributed by atoms with Crippen molar-refractivity contribution in [2.24, 2.45) is 0 Å². The summed E-state index contributed by atoms with van der Waals surface area (Å²) in [5, 5.41) is 11.7. The summed E-state index contributed by atoms with van der Waals surface area (Å²) in [7, 11) is 0. The van der Waals surface area contributed by atoms with Crippen LogP contribution in [0.4, 0.5) is 0 Å². The van der Waals surface area contributed by atoms with E-state index >= 15 is 0 Å². The van der Waals surface area contributed by atoms with E-state index in [0.29, 0.717) is 17.4 Å². The number of fused-ring (bicyclic) bond motifs is 1. The number of carbonyl (C=O) groups excluding carboxylic acids is 1. The summed E-state index contributed by atoms with van der Waals surface area (Å²) in [4.78, 5) is 21.2. The lowest BCUT2D eigenvalue weighted by Gasteiger charge is -2.04. The van der Waals surface area contributed by atoms with Crippen LogP contribution in [0.3, 0.4) is 0 Å². The van der Waals surface area contributed by atoms with Gasteiger partial charge in [-0.3, -0.25) is 4.79 Å². The Morgan fingerprint density at radius 1 is 1.03 bits per heavy atom. The number of imidazole rings is 1. The van der Waals surface area contributed by atoms with Crippen LogP contribution >= 0.6 is 11.6 Å². The van der Waals surface area contributed by atoms with Crippen molar-refractivity contribution in [1.29, 1.82) is 0 Å². The van der Waals surface area contributed by atoms with E-state index in [-0.39, 0.29) is 18.2 Å². The van der Waals surface area contributed by atoms with Crippen LogP contribution in [-0.2, 0) is 17.8 Å². The zero-order valence-electron chi connectivity index (χ0n) is 16.8. The van der Waals surface area contributed by atoms with Crippen LogP contribution in [0.25, 0.3) is 28.3 Å². The first-order chi connectivity index (χ1) is 15.6. The molecule has 5 rings (SSSR count). The zero-order chi connectivity index (χ0) is 21.9. The molecule has 0 saturated heterocycles. The zero-order valence-corrected chi connectivity index (χ0v) is 17.5. The fourth-order valence-electron chi connectivity index (χ4n) is 3.28. The Morgan fingerprint density at radius 2 is 1.91 bits per heavy atom. The number of benzene rings is 2. The second kappa shape index (κ2) is 8.60. The molecular formula is C23H17ClN6O2. The van der Waals surface area contributed by atoms with Crippen LogP contribution in [0.1, 0.15) is 11.5 Å². The van der Waals surface area contributed by atoms with Crippen LogP contribution in [0.15, 0.2) is 77.6 Å². The molecular weight excluding hydrogens is 428 g/mol. The van der Waals surface area contributed by atoms with Crippen LogP contribution in [0.5, 0.6) is 0 Å². The Morgan fingerprint density at radius 3 is 2.78 bits per heavy atom. The van der Waals surface area contributed by atoms with Crippen molar-refractivity contribution in [2.45, 2.75) is 13.0 Å². The monoisotopic (exact) mass is 444 g/mol. The van der Waals surface area contributed by atoms with Gasteiger partial charge in [0.1, 0.15) is 6.42 Å². The standard InChI is InChI=1S/C23H17ClN6O2/c24-18-7-1-4-15(10-18)13-25-21(31)12-22-28-23(29-32-22)17-6-2-5-16(11-17)19-14-30-20(27-19)8-3-9-26-30/h1-11,14H,12-13H2,(H,25,31). The van der Waals surface area contributed by atoms with Crippen molar-refractivity contribution >= 4 is 23.2 Å². The largest absolute Gasteiger partial charge is 0.352 e. The molecule has 1 amide bonds. The van der Waals surface area contributed by atoms with Gasteiger partial charge in [0.05, 0.1) is 11.9 Å². The summed E-state index contributed by atoms with van der Waals surface area (Å²) in [5.74, 6) is 0.434. The minimum absolute atomic E-state index is 0.00857. The molecule has 1 N–H and O–H groups in total. The first-order valence-corrected chi connectivity index (χ1v) is 10.3. The molecule has 0 aliphatic heterocycles. The lowest BCUT2D eigenvalue weighted by Crippen LogP contribution is -2.24. The molecule has 0 atom stereocenters. The number of hydrogen-bond acceptors (Lipinski definition) is 6. The van der Waals surface area contributed by atoms with Gasteiger partial charge >= 0.3 is 0 Å². The molecule has 0 saturated carbocycles. The lowest BCUT2D eigenvalue weighted by atomic mass is 10.1. The minimum Gasteiger partial charge on any atom is -0.352 e. The van der Waals surface area contributed by atoms with E-state index in [2.05, 4.69) is 25.5 Å². The highest BCUT2D eigenvalue weighted by Crippen LogP contribution is 2.24. The number of aromatic nitrogens is 5. The Bertz CT molecular complexity index is 1380. The number of halogens is 1. The quantitative estimate of drug-likeness (QED) is 0.425. The summed E-state index contributed by atoms with van der Waals surface area (Å²) >= 11 is 5.97. The van der Waals surface area contributed by atoms with Gasteiger partial charge in [0, 0.05) is 28.9 Å². The number of hydrogen-bond donors (Lipinski definition) is 1. The molecule has 0 fully saturated rings. The second-order valence-electron chi connectivity index (χ2n) is 7.13. The first kappa shape index (κ1) is 19.9. The van der Waals surface area contributed by atoms with Gasteiger partial charge in [-0.1, -0.05) is 47.1 Å². The fourth-order valence-corrected chi connectivity index (χ4v) is 3.49. The smallest absolute Gasteiger partial charge is 0.236 e. The summed E-state index contributed by atoms with van der Waals surface area (Å²) in [5.41, 5.74) is 4.13. The van der Waals surface area contributed by atoms with Crippen LogP contribution < -0.4 is 5.32 Å². The number of nitrogens with zero attached hydrogens (tertiary/aromatic N) is 5. The summed E-state index contributed by atoms with van der Waals surface area (Å²) in [6.45, 7) is 0.371. The van der Waals surface area contributed by atoms with E-state index in [1.165, 1.54) is 0 Å². The molecule has 32 heavy (non-hydrogen) atoms. The fraction of sp³-hybridized carbons (Fsp3) is 0.0870. The molecule has 0 spiro atoms. The SMILES string of the molecule is O=C(Cc1nc(-c2cccc(-c3cn4ncccc4n3)c2)no1)NCc1cccc(Cl)c1. The summed E-state index contributed by atoms with van der Waals surface area (Å²) in [6, 6.07) is 18.7. The highest BCUT2D eigenvalue weighted by Gasteiger charge is 2.14. The molecule has 0 aliphatic carbocycles. The topological polar surface area (TPSA) is 98.2 Å². The van der Waals surface area contributed by atoms with Crippen molar-refractivity contribution in [3.63, 3.8) is 0 Å². The van der Waals surface area contributed by atoms with Gasteiger partial charge in [-0.05, 0) is 35.9 Å². The number of amides is 1. The van der Waals surface area contributed by atoms with Gasteiger partial charge in [0.2, 0.25) is 17.6 Å². The maximum atomic E-state index is 12.3. The average molecular weight is 445 g/mol. The van der Waals surface area contributed by atoms with Gasteiger partial charge in [-0.15, -0.1) is 0 Å². The van der Waals surface area contributed by atoms with Crippen molar-refractivity contribution in [2.75, 3.05) is 0 Å². The van der Waals surface area contributed by atoms with Gasteiger partial charge in [0.25, 0.3) is 0 Å². The molecule has 3 heterocycles. The predicted molar refractivity (Wildman–Crippen MR) is 119 cm³/mol. The maximum Gasteiger partial charge on any atom is 0.236 e. The first-order valence-electron chi connectivity index (χ1n) is 9.89. The van der Waals surface area contributed by atoms with Crippen LogP contribution in [0, 0.1) is 0 Å². The molecule has 0 bridgehead atoms. The Labute approximate surface area is 187 Å². The van der Waals surface area contributed by atoms with Crippen LogP contribution in [0.2, 0.25) is 5.02 Å². The Kier molecular flexibility index (Phi) is 5.35. The highest BCUT2D eigenvalue weighted by molar-refractivity contribution is 6.30. The molecule has 3 aromatic heterocycles. The van der Waals surface area contributed by atoms with Crippen molar-refractivity contribution in [3.05, 3.63) is 89.5 Å². The Balaban J connectivity index is 1.28. The van der Waals surface area contributed by atoms with E-state index in [9.17, 15) is 4.79 Å². The van der Waals surface area contributed by atoms with E-state index in [0.717, 1.165) is 28.0 Å². The highest BCUT2D eigenvalue weighted by atomic mass is 35.5. The van der Waals surface area contributed by atoms with E-state index in [1.54, 1.807) is 22.8 Å². The van der Waals surface area contributed by atoms with Gasteiger partial charge < -0.3 is 9.84 Å². The summed E-state index contributed by atoms with van der Waals surface area (Å²) < 4.78 is 7.00. The summed E-state index contributed by atoms with van der Waals surface area (Å²) in [6.07, 6.45) is 3.56. The average Bonchev–Trinajstić information content (AvgIpc) is 3.45. The molecule has 0 unspecified atom stereocenters. The van der Waals surface area contributed by atoms with Crippen molar-refractivity contribution < 1.29 is 9.32 Å². The normalized spacial score (nSPS) is 11.0. The molecule has 8 nitrogen and oxygen atoms in total. The maximum absolute atomic E-state index is 12.3. The van der Waals surface area contributed by atoms with Gasteiger partial charge in [-0.2, -0.15) is 10.1 Å². The van der Waals surface area contributed by atoms with E-state index in [4.69, 9.17) is 16.1 Å². The number of nitrogens with one attached hydrogen (secondary N) is 1. The van der Waals surface area contributed by atoms with Gasteiger partial charge in [0.15, 0.2) is 5.65 Å². The third-order valence-corrected chi connectivity index (χ3v) is 5.05. The van der Waals surface area contributed by atoms with E-state index < -0.39 is 0 Å². The van der Waals surface area contributed by atoms with Crippen molar-refractivity contribution in [3.8, 4) is 22.6 Å². The molecule has 2 aromatic carbocycles. The molecule has 0 aliphatic rings. The lowest BCUT2D eigenvalue weighted by molar-refractivity contribution is -0.120. The molecule has 9 heteroatoms. The third kappa shape index (κ3) is 4.35. The number of rotatable bonds is 6. The van der Waals surface area contributed by atoms with Crippen LogP contribution in [-0.4, -0.2) is 30.6 Å². The molecule has 158 valence electrons. The second-order valence-corrected chi connectivity index (χ2v) is 7.56. The van der Waals surface area contributed by atoms with E-state index in [1.807, 2.05) is 54.7 Å². The predicted octanol–water partition coefficient (Wildman–Crippen LogP) is 3.96. The van der Waals surface area contributed by atoms with Crippen molar-refractivity contribution in [1.82, 2.24) is 30.1 Å². The molecule has 5 aromatic rings. The third-order valence-electron chi connectivity index (χ3n) is 4.81. The Hall–Kier alpha value is -4.04. The minimum atomic E-state index is -0.217. The molecule has 0 radical (unpaired) electrons. The number of carbonyl (C=O) groups is 1.